The smallest absolute Gasteiger partial charge is 0.214 e. The van der Waals surface area contributed by atoms with Crippen molar-refractivity contribution in [3.05, 3.63) is 30.1 Å². The zero-order chi connectivity index (χ0) is 15.5. The SMILES string of the molecule is CC1(C)CN(S(=O)(=O)CCc2ccncc2)CC(CBr)O1. The van der Waals surface area contributed by atoms with Crippen molar-refractivity contribution in [3.63, 3.8) is 0 Å². The lowest BCUT2D eigenvalue weighted by Crippen LogP contribution is -2.55. The minimum absolute atomic E-state index is 0.107. The molecular formula is C14H21BrN2O3S. The molecule has 0 aliphatic carbocycles. The van der Waals surface area contributed by atoms with Gasteiger partial charge in [0.15, 0.2) is 0 Å². The molecule has 0 saturated carbocycles. The van der Waals surface area contributed by atoms with Gasteiger partial charge in [-0.3, -0.25) is 4.98 Å². The molecule has 2 rings (SSSR count). The summed E-state index contributed by atoms with van der Waals surface area (Å²) in [5, 5.41) is 0.632. The highest BCUT2D eigenvalue weighted by atomic mass is 79.9. The van der Waals surface area contributed by atoms with Gasteiger partial charge in [-0.2, -0.15) is 4.31 Å². The van der Waals surface area contributed by atoms with Gasteiger partial charge in [0.25, 0.3) is 0 Å². The molecule has 0 radical (unpaired) electrons. The van der Waals surface area contributed by atoms with Crippen molar-refractivity contribution < 1.29 is 13.2 Å². The number of pyridine rings is 1. The maximum Gasteiger partial charge on any atom is 0.214 e. The standard InChI is InChI=1S/C14H21BrN2O3S/c1-14(2)11-17(10-13(9-15)20-14)21(18,19)8-5-12-3-6-16-7-4-12/h3-4,6-7,13H,5,8-11H2,1-2H3. The number of hydrogen-bond acceptors (Lipinski definition) is 4. The molecule has 0 aromatic carbocycles. The summed E-state index contributed by atoms with van der Waals surface area (Å²) in [6.07, 6.45) is 3.76. The quantitative estimate of drug-likeness (QED) is 0.735. The molecule has 21 heavy (non-hydrogen) atoms. The van der Waals surface area contributed by atoms with Gasteiger partial charge in [-0.15, -0.1) is 0 Å². The molecule has 1 aliphatic heterocycles. The second-order valence-electron chi connectivity index (χ2n) is 5.87. The number of sulfonamides is 1. The van der Waals surface area contributed by atoms with E-state index in [4.69, 9.17) is 4.74 Å². The average Bonchev–Trinajstić information content (AvgIpc) is 2.44. The Kier molecular flexibility index (Phi) is 5.40. The number of ether oxygens (including phenoxy) is 1. The topological polar surface area (TPSA) is 59.5 Å². The second-order valence-corrected chi connectivity index (χ2v) is 8.60. The molecule has 0 spiro atoms. The van der Waals surface area contributed by atoms with Gasteiger partial charge in [-0.1, -0.05) is 15.9 Å². The van der Waals surface area contributed by atoms with E-state index in [0.29, 0.717) is 24.8 Å². The number of rotatable bonds is 5. The van der Waals surface area contributed by atoms with Crippen molar-refractivity contribution in [2.24, 2.45) is 0 Å². The highest BCUT2D eigenvalue weighted by molar-refractivity contribution is 9.09. The molecule has 2 heterocycles. The third-order valence-corrected chi connectivity index (χ3v) is 5.92. The summed E-state index contributed by atoms with van der Waals surface area (Å²) in [6.45, 7) is 4.66. The van der Waals surface area contributed by atoms with Crippen LogP contribution < -0.4 is 0 Å². The lowest BCUT2D eigenvalue weighted by Gasteiger charge is -2.41. The van der Waals surface area contributed by atoms with Gasteiger partial charge in [-0.05, 0) is 38.0 Å². The van der Waals surface area contributed by atoms with Gasteiger partial charge >= 0.3 is 0 Å². The molecule has 5 nitrogen and oxygen atoms in total. The van der Waals surface area contributed by atoms with Crippen LogP contribution in [0.2, 0.25) is 0 Å². The molecule has 1 aromatic rings. The van der Waals surface area contributed by atoms with Gasteiger partial charge in [0.05, 0.1) is 17.5 Å². The minimum atomic E-state index is -3.28. The highest BCUT2D eigenvalue weighted by Gasteiger charge is 2.38. The van der Waals surface area contributed by atoms with Crippen LogP contribution in [0.3, 0.4) is 0 Å². The Morgan fingerprint density at radius 1 is 1.43 bits per heavy atom. The molecular weight excluding hydrogens is 356 g/mol. The summed E-state index contributed by atoms with van der Waals surface area (Å²) in [5.41, 5.74) is 0.526. The van der Waals surface area contributed by atoms with E-state index in [1.54, 1.807) is 16.7 Å². The minimum Gasteiger partial charge on any atom is -0.369 e. The Bertz CT molecular complexity index is 563. The number of nitrogens with zero attached hydrogens (tertiary/aromatic N) is 2. The van der Waals surface area contributed by atoms with E-state index in [1.807, 2.05) is 26.0 Å². The molecule has 1 atom stereocenters. The lowest BCUT2D eigenvalue weighted by molar-refractivity contribution is -0.106. The fourth-order valence-electron chi connectivity index (χ4n) is 2.46. The van der Waals surface area contributed by atoms with Gasteiger partial charge in [0.1, 0.15) is 0 Å². The molecule has 118 valence electrons. The van der Waals surface area contributed by atoms with Crippen LogP contribution in [0.5, 0.6) is 0 Å². The number of alkyl halides is 1. The zero-order valence-corrected chi connectivity index (χ0v) is 14.7. The molecule has 0 amide bonds. The Hall–Kier alpha value is -0.500. The van der Waals surface area contributed by atoms with Gasteiger partial charge in [0.2, 0.25) is 10.0 Å². The average molecular weight is 377 g/mol. The summed E-state index contributed by atoms with van der Waals surface area (Å²) in [4.78, 5) is 3.94. The van der Waals surface area contributed by atoms with E-state index in [2.05, 4.69) is 20.9 Å². The Labute approximate surface area is 134 Å². The zero-order valence-electron chi connectivity index (χ0n) is 12.3. The van der Waals surface area contributed by atoms with E-state index in [0.717, 1.165) is 5.56 Å². The van der Waals surface area contributed by atoms with Crippen molar-refractivity contribution in [2.45, 2.75) is 32.0 Å². The van der Waals surface area contributed by atoms with Crippen LogP contribution in [0, 0.1) is 0 Å². The van der Waals surface area contributed by atoms with Crippen molar-refractivity contribution in [1.29, 1.82) is 0 Å². The largest absolute Gasteiger partial charge is 0.369 e. The fourth-order valence-corrected chi connectivity index (χ4v) is 4.45. The summed E-state index contributed by atoms with van der Waals surface area (Å²) >= 11 is 3.38. The van der Waals surface area contributed by atoms with Crippen LogP contribution in [0.4, 0.5) is 0 Å². The maximum absolute atomic E-state index is 12.5. The van der Waals surface area contributed by atoms with Crippen LogP contribution in [-0.2, 0) is 21.2 Å². The summed E-state index contributed by atoms with van der Waals surface area (Å²) < 4.78 is 32.5. The number of morpholine rings is 1. The molecule has 1 unspecified atom stereocenters. The van der Waals surface area contributed by atoms with Crippen LogP contribution in [0.15, 0.2) is 24.5 Å². The molecule has 7 heteroatoms. The van der Waals surface area contributed by atoms with Crippen LogP contribution >= 0.6 is 15.9 Å². The first-order valence-electron chi connectivity index (χ1n) is 6.93. The van der Waals surface area contributed by atoms with E-state index in [1.165, 1.54) is 0 Å². The van der Waals surface area contributed by atoms with Crippen LogP contribution in [0.25, 0.3) is 0 Å². The van der Waals surface area contributed by atoms with Crippen LogP contribution in [-0.4, -0.2) is 53.6 Å². The number of hydrogen-bond donors (Lipinski definition) is 0. The Balaban J connectivity index is 2.04. The monoisotopic (exact) mass is 376 g/mol. The number of aryl methyl sites for hydroxylation is 1. The van der Waals surface area contributed by atoms with E-state index < -0.39 is 15.6 Å². The Morgan fingerprint density at radius 3 is 2.71 bits per heavy atom. The first-order chi connectivity index (χ1) is 9.82. The molecule has 0 N–H and O–H groups in total. The Morgan fingerprint density at radius 2 is 2.10 bits per heavy atom. The first kappa shape index (κ1) is 16.9. The number of halogens is 1. The maximum atomic E-state index is 12.5. The molecule has 1 aliphatic rings. The third kappa shape index (κ3) is 4.74. The van der Waals surface area contributed by atoms with Crippen molar-refractivity contribution in [3.8, 4) is 0 Å². The predicted molar refractivity (Wildman–Crippen MR) is 86.0 cm³/mol. The van der Waals surface area contributed by atoms with Crippen LogP contribution in [0.1, 0.15) is 19.4 Å². The second kappa shape index (κ2) is 6.73. The number of aromatic nitrogens is 1. The van der Waals surface area contributed by atoms with E-state index in [-0.39, 0.29) is 11.9 Å². The molecule has 0 bridgehead atoms. The molecule has 1 saturated heterocycles. The first-order valence-corrected chi connectivity index (χ1v) is 9.66. The predicted octanol–water partition coefficient (Wildman–Crippen LogP) is 1.83. The normalized spacial score (nSPS) is 23.1. The van der Waals surface area contributed by atoms with E-state index in [9.17, 15) is 8.42 Å². The molecule has 1 aromatic heterocycles. The fraction of sp³-hybridized carbons (Fsp3) is 0.643. The summed E-state index contributed by atoms with van der Waals surface area (Å²) in [6, 6.07) is 3.69. The summed E-state index contributed by atoms with van der Waals surface area (Å²) in [7, 11) is -3.28. The lowest BCUT2D eigenvalue weighted by atomic mass is 10.1. The van der Waals surface area contributed by atoms with Crippen molar-refractivity contribution in [1.82, 2.24) is 9.29 Å². The van der Waals surface area contributed by atoms with Crippen molar-refractivity contribution in [2.75, 3.05) is 24.2 Å². The van der Waals surface area contributed by atoms with E-state index >= 15 is 0 Å². The third-order valence-electron chi connectivity index (χ3n) is 3.41. The van der Waals surface area contributed by atoms with Crippen molar-refractivity contribution >= 4 is 26.0 Å². The van der Waals surface area contributed by atoms with Gasteiger partial charge in [0, 0.05) is 30.8 Å². The van der Waals surface area contributed by atoms with Gasteiger partial charge in [-0.25, -0.2) is 8.42 Å². The summed E-state index contributed by atoms with van der Waals surface area (Å²) in [5.74, 6) is 0.113. The highest BCUT2D eigenvalue weighted by Crippen LogP contribution is 2.24. The molecule has 1 fully saturated rings. The van der Waals surface area contributed by atoms with Gasteiger partial charge < -0.3 is 4.74 Å².